The van der Waals surface area contributed by atoms with E-state index in [-0.39, 0.29) is 18.6 Å². The molecule has 1 fully saturated rings. The molecule has 5 nitrogen and oxygen atoms in total. The van der Waals surface area contributed by atoms with Gasteiger partial charge >= 0.3 is 0 Å². The van der Waals surface area contributed by atoms with Crippen LogP contribution >= 0.6 is 22.9 Å². The fourth-order valence-electron chi connectivity index (χ4n) is 3.56. The normalized spacial score (nSPS) is 17.8. The number of thiazole rings is 1. The highest BCUT2D eigenvalue weighted by molar-refractivity contribution is 7.15. The molecule has 0 saturated carbocycles. The number of hydrogen-bond donors (Lipinski definition) is 1. The molecule has 1 aliphatic heterocycles. The first-order valence-electron chi connectivity index (χ1n) is 8.82. The van der Waals surface area contributed by atoms with Crippen LogP contribution in [-0.2, 0) is 0 Å². The molecule has 0 spiro atoms. The molecule has 2 aromatic heterocycles. The van der Waals surface area contributed by atoms with Crippen LogP contribution in [0.2, 0.25) is 5.02 Å². The fourth-order valence-corrected chi connectivity index (χ4v) is 4.53. The Kier molecular flexibility index (Phi) is 4.98. The molecule has 0 radical (unpaired) electrons. The molecule has 26 heavy (non-hydrogen) atoms. The van der Waals surface area contributed by atoms with Gasteiger partial charge in [-0.25, -0.2) is 4.98 Å². The number of hydrogen-bond acceptors (Lipinski definition) is 4. The second-order valence-corrected chi connectivity index (χ2v) is 7.84. The van der Waals surface area contributed by atoms with E-state index in [1.165, 1.54) is 11.3 Å². The number of aromatic nitrogens is 2. The minimum atomic E-state index is 0.0226. The van der Waals surface area contributed by atoms with Crippen LogP contribution in [0.1, 0.15) is 36.2 Å². The summed E-state index contributed by atoms with van der Waals surface area (Å²) in [5, 5.41) is 11.9. The van der Waals surface area contributed by atoms with Crippen LogP contribution in [0.15, 0.2) is 35.8 Å². The lowest BCUT2D eigenvalue weighted by molar-refractivity contribution is 0.0568. The molecule has 1 N–H and O–H groups in total. The van der Waals surface area contributed by atoms with Crippen LogP contribution in [0.3, 0.4) is 0 Å². The van der Waals surface area contributed by atoms with E-state index < -0.39 is 0 Å². The molecular formula is C19H20ClN3O2S. The van der Waals surface area contributed by atoms with Crippen LogP contribution in [0, 0.1) is 0 Å². The van der Waals surface area contributed by atoms with Crippen molar-refractivity contribution in [2.75, 3.05) is 13.2 Å². The van der Waals surface area contributed by atoms with Crippen molar-refractivity contribution in [3.8, 4) is 11.3 Å². The van der Waals surface area contributed by atoms with Crippen LogP contribution in [0.25, 0.3) is 16.2 Å². The topological polar surface area (TPSA) is 57.8 Å². The number of aliphatic hydroxyl groups excluding tert-OH is 1. The molecule has 3 heterocycles. The number of rotatable bonds is 4. The summed E-state index contributed by atoms with van der Waals surface area (Å²) in [5.74, 6) is 0.0226. The zero-order chi connectivity index (χ0) is 18.1. The van der Waals surface area contributed by atoms with Crippen molar-refractivity contribution >= 4 is 33.8 Å². The molecule has 136 valence electrons. The lowest BCUT2D eigenvalue weighted by Gasteiger charge is -2.35. The molecule has 1 saturated heterocycles. The molecule has 3 aromatic rings. The summed E-state index contributed by atoms with van der Waals surface area (Å²) < 4.78 is 1.88. The third-order valence-corrected chi connectivity index (χ3v) is 6.01. The van der Waals surface area contributed by atoms with E-state index in [0.717, 1.165) is 42.0 Å². The smallest absolute Gasteiger partial charge is 0.271 e. The summed E-state index contributed by atoms with van der Waals surface area (Å²) >= 11 is 7.43. The maximum atomic E-state index is 13.1. The Labute approximate surface area is 160 Å². The first-order valence-corrected chi connectivity index (χ1v) is 10.1. The largest absolute Gasteiger partial charge is 0.396 e. The van der Waals surface area contributed by atoms with E-state index in [4.69, 9.17) is 11.6 Å². The number of carbonyl (C=O) groups excluding carboxylic acids is 1. The summed E-state index contributed by atoms with van der Waals surface area (Å²) in [5.41, 5.74) is 2.44. The van der Waals surface area contributed by atoms with Gasteiger partial charge in [0.2, 0.25) is 0 Å². The Morgan fingerprint density at radius 3 is 2.88 bits per heavy atom. The maximum Gasteiger partial charge on any atom is 0.271 e. The summed E-state index contributed by atoms with van der Waals surface area (Å²) in [6.45, 7) is 0.860. The van der Waals surface area contributed by atoms with E-state index in [1.807, 2.05) is 45.1 Å². The van der Waals surface area contributed by atoms with E-state index in [9.17, 15) is 9.90 Å². The average molecular weight is 390 g/mol. The second-order valence-electron chi connectivity index (χ2n) is 6.57. The predicted molar refractivity (Wildman–Crippen MR) is 104 cm³/mol. The van der Waals surface area contributed by atoms with Crippen molar-refractivity contribution < 1.29 is 9.90 Å². The van der Waals surface area contributed by atoms with Crippen LogP contribution in [0.5, 0.6) is 0 Å². The quantitative estimate of drug-likeness (QED) is 0.731. The van der Waals surface area contributed by atoms with Gasteiger partial charge in [0.1, 0.15) is 5.69 Å². The first kappa shape index (κ1) is 17.5. The standard InChI is InChI=1S/C19H20ClN3O2S/c20-14-6-4-13(5-7-14)16-11-23-17(12-26-19(23)21-16)18(25)22-9-2-1-3-15(22)8-10-24/h4-7,11-12,15,24H,1-3,8-10H2. The van der Waals surface area contributed by atoms with Crippen molar-refractivity contribution in [2.24, 2.45) is 0 Å². The molecular weight excluding hydrogens is 370 g/mol. The van der Waals surface area contributed by atoms with Gasteiger partial charge in [0.25, 0.3) is 5.91 Å². The number of amides is 1. The summed E-state index contributed by atoms with van der Waals surface area (Å²) in [4.78, 5) is 20.5. The Bertz CT molecular complexity index is 917. The van der Waals surface area contributed by atoms with E-state index >= 15 is 0 Å². The first-order chi connectivity index (χ1) is 12.7. The molecule has 4 rings (SSSR count). The predicted octanol–water partition coefficient (Wildman–Crippen LogP) is 4.09. The molecule has 7 heteroatoms. The highest BCUT2D eigenvalue weighted by Gasteiger charge is 2.29. The minimum absolute atomic E-state index is 0.0226. The van der Waals surface area contributed by atoms with Gasteiger partial charge in [-0.15, -0.1) is 11.3 Å². The lowest BCUT2D eigenvalue weighted by Crippen LogP contribution is -2.44. The fraction of sp³-hybridized carbons (Fsp3) is 0.368. The van der Waals surface area contributed by atoms with Gasteiger partial charge in [0.05, 0.1) is 5.69 Å². The van der Waals surface area contributed by atoms with Crippen molar-refractivity contribution in [3.63, 3.8) is 0 Å². The number of piperidine rings is 1. The molecule has 0 bridgehead atoms. The molecule has 0 aliphatic carbocycles. The number of aliphatic hydroxyl groups is 1. The van der Waals surface area contributed by atoms with Crippen LogP contribution in [0.4, 0.5) is 0 Å². The van der Waals surface area contributed by atoms with Crippen LogP contribution in [-0.4, -0.2) is 44.5 Å². The third kappa shape index (κ3) is 3.24. The molecule has 1 aliphatic rings. The van der Waals surface area contributed by atoms with Gasteiger partial charge in [-0.3, -0.25) is 9.20 Å². The van der Waals surface area contributed by atoms with Crippen molar-refractivity contribution in [3.05, 3.63) is 46.6 Å². The number of nitrogens with zero attached hydrogens (tertiary/aromatic N) is 3. The van der Waals surface area contributed by atoms with E-state index in [0.29, 0.717) is 17.1 Å². The van der Waals surface area contributed by atoms with E-state index in [2.05, 4.69) is 4.98 Å². The lowest BCUT2D eigenvalue weighted by atomic mass is 9.99. The van der Waals surface area contributed by atoms with Gasteiger partial charge in [0.15, 0.2) is 4.96 Å². The Balaban J connectivity index is 1.66. The third-order valence-electron chi connectivity index (χ3n) is 4.92. The molecule has 1 atom stereocenters. The van der Waals surface area contributed by atoms with Crippen molar-refractivity contribution in [1.82, 2.24) is 14.3 Å². The van der Waals surface area contributed by atoms with Gasteiger partial charge in [0, 0.05) is 41.4 Å². The number of imidazole rings is 1. The molecule has 1 unspecified atom stereocenters. The highest BCUT2D eigenvalue weighted by atomic mass is 35.5. The van der Waals surface area contributed by atoms with E-state index in [1.54, 1.807) is 0 Å². The zero-order valence-electron chi connectivity index (χ0n) is 14.3. The van der Waals surface area contributed by atoms with Gasteiger partial charge in [-0.1, -0.05) is 23.7 Å². The van der Waals surface area contributed by atoms with Gasteiger partial charge in [-0.05, 0) is 37.8 Å². The highest BCUT2D eigenvalue weighted by Crippen LogP contribution is 2.27. The average Bonchev–Trinajstić information content (AvgIpc) is 3.23. The number of likely N-dealkylation sites (tertiary alicyclic amines) is 1. The van der Waals surface area contributed by atoms with Gasteiger partial charge < -0.3 is 10.0 Å². The molecule has 1 aromatic carbocycles. The Morgan fingerprint density at radius 2 is 2.12 bits per heavy atom. The number of carbonyl (C=O) groups is 1. The monoisotopic (exact) mass is 389 g/mol. The zero-order valence-corrected chi connectivity index (χ0v) is 15.8. The minimum Gasteiger partial charge on any atom is -0.396 e. The Morgan fingerprint density at radius 1 is 1.31 bits per heavy atom. The summed E-state index contributed by atoms with van der Waals surface area (Å²) in [7, 11) is 0. The van der Waals surface area contributed by atoms with Crippen molar-refractivity contribution in [2.45, 2.75) is 31.7 Å². The van der Waals surface area contributed by atoms with Crippen LogP contribution < -0.4 is 0 Å². The summed E-state index contributed by atoms with van der Waals surface area (Å²) in [6.07, 6.45) is 5.63. The maximum absolute atomic E-state index is 13.1. The van der Waals surface area contributed by atoms with Crippen molar-refractivity contribution in [1.29, 1.82) is 0 Å². The number of benzene rings is 1. The molecule has 1 amide bonds. The van der Waals surface area contributed by atoms with Gasteiger partial charge in [-0.2, -0.15) is 0 Å². The Hall–Kier alpha value is -1.89. The number of halogens is 1. The second kappa shape index (κ2) is 7.39. The SMILES string of the molecule is O=C(c1csc2nc(-c3ccc(Cl)cc3)cn12)N1CCCCC1CCO. The number of fused-ring (bicyclic) bond motifs is 1. The summed E-state index contributed by atoms with van der Waals surface area (Å²) in [6, 6.07) is 7.65.